The van der Waals surface area contributed by atoms with Gasteiger partial charge in [0.2, 0.25) is 10.0 Å². The van der Waals surface area contributed by atoms with Crippen LogP contribution in [0, 0.1) is 0 Å². The number of rotatable bonds is 8. The Balaban J connectivity index is 2.04. The largest absolute Gasteiger partial charge is 0.493 e. The highest BCUT2D eigenvalue weighted by atomic mass is 32.2. The summed E-state index contributed by atoms with van der Waals surface area (Å²) in [5, 5.41) is 2.79. The van der Waals surface area contributed by atoms with Gasteiger partial charge in [0.1, 0.15) is 0 Å². The van der Waals surface area contributed by atoms with Gasteiger partial charge in [0.25, 0.3) is 5.91 Å². The maximum Gasteiger partial charge on any atom is 0.251 e. The SMILES string of the molecule is CCOc1ccc(C(=O)NCc2ccc(S(=O)(=O)NC)cc2)cc1OC. The molecule has 0 aromatic heterocycles. The highest BCUT2D eigenvalue weighted by Gasteiger charge is 2.12. The monoisotopic (exact) mass is 378 g/mol. The number of methoxy groups -OCH3 is 1. The lowest BCUT2D eigenvalue weighted by molar-refractivity contribution is 0.0950. The zero-order valence-electron chi connectivity index (χ0n) is 14.9. The van der Waals surface area contributed by atoms with E-state index in [-0.39, 0.29) is 17.3 Å². The van der Waals surface area contributed by atoms with E-state index in [0.717, 1.165) is 5.56 Å². The second-order valence-electron chi connectivity index (χ2n) is 5.33. The average molecular weight is 378 g/mol. The normalized spacial score (nSPS) is 11.0. The molecule has 1 amide bonds. The van der Waals surface area contributed by atoms with Crippen LogP contribution in [-0.4, -0.2) is 35.1 Å². The molecule has 0 spiro atoms. The Labute approximate surface area is 153 Å². The summed E-state index contributed by atoms with van der Waals surface area (Å²) in [4.78, 5) is 12.5. The molecule has 0 fully saturated rings. The van der Waals surface area contributed by atoms with Crippen molar-refractivity contribution in [3.63, 3.8) is 0 Å². The molecule has 7 nitrogen and oxygen atoms in total. The minimum Gasteiger partial charge on any atom is -0.493 e. The van der Waals surface area contributed by atoms with Crippen molar-refractivity contribution >= 4 is 15.9 Å². The van der Waals surface area contributed by atoms with Crippen LogP contribution in [-0.2, 0) is 16.6 Å². The first-order valence-electron chi connectivity index (χ1n) is 8.02. The van der Waals surface area contributed by atoms with Gasteiger partial charge in [-0.3, -0.25) is 4.79 Å². The highest BCUT2D eigenvalue weighted by molar-refractivity contribution is 7.89. The van der Waals surface area contributed by atoms with E-state index in [9.17, 15) is 13.2 Å². The Hall–Kier alpha value is -2.58. The summed E-state index contributed by atoms with van der Waals surface area (Å²) in [7, 11) is -0.599. The number of sulfonamides is 1. The molecule has 0 radical (unpaired) electrons. The van der Waals surface area contributed by atoms with Gasteiger partial charge < -0.3 is 14.8 Å². The second-order valence-corrected chi connectivity index (χ2v) is 7.22. The molecule has 2 rings (SSSR count). The zero-order valence-corrected chi connectivity index (χ0v) is 15.7. The van der Waals surface area contributed by atoms with Crippen LogP contribution in [0.5, 0.6) is 11.5 Å². The molecule has 2 aromatic rings. The van der Waals surface area contributed by atoms with Crippen molar-refractivity contribution in [2.45, 2.75) is 18.4 Å². The third-order valence-corrected chi connectivity index (χ3v) is 5.11. The highest BCUT2D eigenvalue weighted by Crippen LogP contribution is 2.28. The number of carbonyl (C=O) groups is 1. The Morgan fingerprint density at radius 1 is 1.08 bits per heavy atom. The van der Waals surface area contributed by atoms with Crippen molar-refractivity contribution in [3.8, 4) is 11.5 Å². The molecule has 2 N–H and O–H groups in total. The molecular formula is C18H22N2O5S. The molecule has 140 valence electrons. The molecule has 2 aromatic carbocycles. The summed E-state index contributed by atoms with van der Waals surface area (Å²) in [6.45, 7) is 2.64. The molecular weight excluding hydrogens is 356 g/mol. The van der Waals surface area contributed by atoms with E-state index in [0.29, 0.717) is 23.7 Å². The second kappa shape index (κ2) is 8.68. The molecule has 0 saturated carbocycles. The third kappa shape index (κ3) is 4.74. The van der Waals surface area contributed by atoms with Gasteiger partial charge in [-0.05, 0) is 49.9 Å². The van der Waals surface area contributed by atoms with Crippen molar-refractivity contribution in [1.29, 1.82) is 0 Å². The molecule has 8 heteroatoms. The van der Waals surface area contributed by atoms with E-state index >= 15 is 0 Å². The summed E-state index contributed by atoms with van der Waals surface area (Å²) in [5.74, 6) is 0.798. The molecule has 0 heterocycles. The molecule has 0 aliphatic rings. The fourth-order valence-corrected chi connectivity index (χ4v) is 3.00. The first-order chi connectivity index (χ1) is 12.4. The van der Waals surface area contributed by atoms with E-state index in [4.69, 9.17) is 9.47 Å². The van der Waals surface area contributed by atoms with Gasteiger partial charge in [0, 0.05) is 12.1 Å². The van der Waals surface area contributed by atoms with Gasteiger partial charge >= 0.3 is 0 Å². The quantitative estimate of drug-likeness (QED) is 0.732. The molecule has 0 atom stereocenters. The van der Waals surface area contributed by atoms with Crippen molar-refractivity contribution in [1.82, 2.24) is 10.0 Å². The lowest BCUT2D eigenvalue weighted by atomic mass is 10.1. The fourth-order valence-electron chi connectivity index (χ4n) is 2.27. The third-order valence-electron chi connectivity index (χ3n) is 3.68. The average Bonchev–Trinajstić information content (AvgIpc) is 2.67. The van der Waals surface area contributed by atoms with Crippen LogP contribution < -0.4 is 19.5 Å². The number of amides is 1. The summed E-state index contributed by atoms with van der Waals surface area (Å²) >= 11 is 0. The molecule has 0 unspecified atom stereocenters. The van der Waals surface area contributed by atoms with Crippen molar-refractivity contribution in [2.75, 3.05) is 20.8 Å². The molecule has 26 heavy (non-hydrogen) atoms. The van der Waals surface area contributed by atoms with Gasteiger partial charge in [0.05, 0.1) is 18.6 Å². The van der Waals surface area contributed by atoms with Crippen LogP contribution in [0.4, 0.5) is 0 Å². The maximum absolute atomic E-state index is 12.3. The van der Waals surface area contributed by atoms with Crippen molar-refractivity contribution in [3.05, 3.63) is 53.6 Å². The first kappa shape index (κ1) is 19.7. The van der Waals surface area contributed by atoms with Crippen LogP contribution in [0.25, 0.3) is 0 Å². The van der Waals surface area contributed by atoms with Gasteiger partial charge in [-0.2, -0.15) is 0 Å². The van der Waals surface area contributed by atoms with Crippen LogP contribution in [0.2, 0.25) is 0 Å². The van der Waals surface area contributed by atoms with Gasteiger partial charge in [-0.25, -0.2) is 13.1 Å². The fraction of sp³-hybridized carbons (Fsp3) is 0.278. The van der Waals surface area contributed by atoms with Gasteiger partial charge in [0.15, 0.2) is 11.5 Å². The topological polar surface area (TPSA) is 93.7 Å². The van der Waals surface area contributed by atoms with E-state index in [1.807, 2.05) is 6.92 Å². The van der Waals surface area contributed by atoms with Crippen LogP contribution >= 0.6 is 0 Å². The van der Waals surface area contributed by atoms with E-state index in [1.165, 1.54) is 26.3 Å². The summed E-state index contributed by atoms with van der Waals surface area (Å²) in [6, 6.07) is 11.3. The Kier molecular flexibility index (Phi) is 6.59. The van der Waals surface area contributed by atoms with Crippen LogP contribution in [0.15, 0.2) is 47.4 Å². The first-order valence-corrected chi connectivity index (χ1v) is 9.51. The predicted molar refractivity (Wildman–Crippen MR) is 98.0 cm³/mol. The molecule has 0 aliphatic carbocycles. The van der Waals surface area contributed by atoms with Crippen molar-refractivity contribution < 1.29 is 22.7 Å². The van der Waals surface area contributed by atoms with E-state index in [2.05, 4.69) is 10.0 Å². The van der Waals surface area contributed by atoms with E-state index < -0.39 is 10.0 Å². The minimum absolute atomic E-state index is 0.173. The van der Waals surface area contributed by atoms with E-state index in [1.54, 1.807) is 30.3 Å². The summed E-state index contributed by atoms with van der Waals surface area (Å²) in [6.07, 6.45) is 0. The Bertz CT molecular complexity index is 864. The maximum atomic E-state index is 12.3. The van der Waals surface area contributed by atoms with Gasteiger partial charge in [-0.1, -0.05) is 12.1 Å². The number of hydrogen-bond donors (Lipinski definition) is 2. The lowest BCUT2D eigenvalue weighted by Crippen LogP contribution is -2.23. The Morgan fingerprint density at radius 3 is 2.35 bits per heavy atom. The van der Waals surface area contributed by atoms with Crippen molar-refractivity contribution in [2.24, 2.45) is 0 Å². The smallest absolute Gasteiger partial charge is 0.251 e. The predicted octanol–water partition coefficient (Wildman–Crippen LogP) is 1.93. The lowest BCUT2D eigenvalue weighted by Gasteiger charge is -2.11. The number of carbonyl (C=O) groups excluding carboxylic acids is 1. The summed E-state index contributed by atoms with van der Waals surface area (Å²) < 4.78 is 36.3. The van der Waals surface area contributed by atoms with Gasteiger partial charge in [-0.15, -0.1) is 0 Å². The zero-order chi connectivity index (χ0) is 19.2. The van der Waals surface area contributed by atoms with Crippen LogP contribution in [0.1, 0.15) is 22.8 Å². The number of nitrogens with one attached hydrogen (secondary N) is 2. The minimum atomic E-state index is -3.47. The number of hydrogen-bond acceptors (Lipinski definition) is 5. The molecule has 0 aliphatic heterocycles. The molecule has 0 saturated heterocycles. The standard InChI is InChI=1S/C18H22N2O5S/c1-4-25-16-10-7-14(11-17(16)24-3)18(21)20-12-13-5-8-15(9-6-13)26(22,23)19-2/h5-11,19H,4,12H2,1-3H3,(H,20,21). The number of benzene rings is 2. The Morgan fingerprint density at radius 2 is 1.77 bits per heavy atom. The molecule has 0 bridgehead atoms. The number of ether oxygens (including phenoxy) is 2. The summed E-state index contributed by atoms with van der Waals surface area (Å²) in [5.41, 5.74) is 1.23. The van der Waals surface area contributed by atoms with Crippen LogP contribution in [0.3, 0.4) is 0 Å².